The highest BCUT2D eigenvalue weighted by Crippen LogP contribution is 2.38. The monoisotopic (exact) mass is 446 g/mol. The van der Waals surface area contributed by atoms with E-state index < -0.39 is 0 Å². The van der Waals surface area contributed by atoms with Crippen molar-refractivity contribution < 1.29 is 9.59 Å². The fourth-order valence-corrected chi connectivity index (χ4v) is 5.23. The van der Waals surface area contributed by atoms with Crippen LogP contribution in [0.25, 0.3) is 0 Å². The van der Waals surface area contributed by atoms with Gasteiger partial charge < -0.3 is 9.80 Å². The second-order valence-corrected chi connectivity index (χ2v) is 9.51. The maximum absolute atomic E-state index is 13.7. The SMILES string of the molecule is CCC(C)N(CC(=O)N1CCc2sccc2C1c1ccc(C)cc1)C(=O)c1ccccc1. The van der Waals surface area contributed by atoms with Crippen molar-refractivity contribution in [2.75, 3.05) is 13.1 Å². The summed E-state index contributed by atoms with van der Waals surface area (Å²) in [5, 5.41) is 2.12. The summed E-state index contributed by atoms with van der Waals surface area (Å²) in [6.07, 6.45) is 1.65. The first-order chi connectivity index (χ1) is 15.5. The Bertz CT molecular complexity index is 1070. The molecule has 0 aliphatic carbocycles. The van der Waals surface area contributed by atoms with Crippen LogP contribution in [-0.2, 0) is 11.2 Å². The molecule has 1 aliphatic rings. The van der Waals surface area contributed by atoms with Gasteiger partial charge in [0, 0.05) is 23.0 Å². The van der Waals surface area contributed by atoms with Crippen molar-refractivity contribution in [3.8, 4) is 0 Å². The van der Waals surface area contributed by atoms with Crippen molar-refractivity contribution in [3.05, 3.63) is 93.2 Å². The number of amides is 2. The Balaban J connectivity index is 1.63. The van der Waals surface area contributed by atoms with Crippen LogP contribution in [0, 0.1) is 6.92 Å². The van der Waals surface area contributed by atoms with E-state index in [9.17, 15) is 9.59 Å². The predicted octanol–water partition coefficient (Wildman–Crippen LogP) is 5.47. The molecule has 166 valence electrons. The number of aryl methyl sites for hydroxylation is 1. The molecule has 3 aromatic rings. The molecule has 1 aromatic heterocycles. The summed E-state index contributed by atoms with van der Waals surface area (Å²) < 4.78 is 0. The highest BCUT2D eigenvalue weighted by molar-refractivity contribution is 7.10. The Hall–Kier alpha value is -2.92. The Morgan fingerprint density at radius 3 is 2.50 bits per heavy atom. The lowest BCUT2D eigenvalue weighted by atomic mass is 9.92. The lowest BCUT2D eigenvalue weighted by Gasteiger charge is -2.38. The summed E-state index contributed by atoms with van der Waals surface area (Å²) in [4.78, 5) is 32.0. The van der Waals surface area contributed by atoms with Gasteiger partial charge in [0.1, 0.15) is 6.54 Å². The molecule has 0 fully saturated rings. The number of fused-ring (bicyclic) bond motifs is 1. The van der Waals surface area contributed by atoms with Gasteiger partial charge >= 0.3 is 0 Å². The van der Waals surface area contributed by atoms with Crippen molar-refractivity contribution in [2.24, 2.45) is 0 Å². The normalized spacial score (nSPS) is 16.3. The van der Waals surface area contributed by atoms with E-state index in [-0.39, 0.29) is 30.4 Å². The number of hydrogen-bond donors (Lipinski definition) is 0. The molecule has 4 rings (SSSR count). The zero-order chi connectivity index (χ0) is 22.7. The summed E-state index contributed by atoms with van der Waals surface area (Å²) in [7, 11) is 0. The average Bonchev–Trinajstić information content (AvgIpc) is 3.31. The van der Waals surface area contributed by atoms with E-state index in [1.165, 1.54) is 16.0 Å². The number of carbonyl (C=O) groups is 2. The molecular weight excluding hydrogens is 416 g/mol. The first-order valence-electron chi connectivity index (χ1n) is 11.3. The van der Waals surface area contributed by atoms with Gasteiger partial charge in [-0.25, -0.2) is 0 Å². The van der Waals surface area contributed by atoms with Crippen LogP contribution in [0.4, 0.5) is 0 Å². The minimum absolute atomic E-state index is 0.00277. The van der Waals surface area contributed by atoms with Gasteiger partial charge in [0.25, 0.3) is 5.91 Å². The zero-order valence-corrected chi connectivity index (χ0v) is 19.8. The van der Waals surface area contributed by atoms with Gasteiger partial charge in [0.15, 0.2) is 0 Å². The van der Waals surface area contributed by atoms with E-state index in [4.69, 9.17) is 0 Å². The molecule has 2 atom stereocenters. The minimum Gasteiger partial charge on any atom is -0.330 e. The molecule has 0 radical (unpaired) electrons. The molecule has 2 aromatic carbocycles. The van der Waals surface area contributed by atoms with Gasteiger partial charge in [0.2, 0.25) is 5.91 Å². The van der Waals surface area contributed by atoms with E-state index in [1.54, 1.807) is 16.2 Å². The molecule has 2 heterocycles. The smallest absolute Gasteiger partial charge is 0.254 e. The molecule has 0 spiro atoms. The standard InChI is InChI=1S/C27H30N2O2S/c1-4-20(3)29(27(31)22-8-6-5-7-9-22)18-25(30)28-16-14-24-23(15-17-32-24)26(28)21-12-10-19(2)11-13-21/h5-13,15,17,20,26H,4,14,16,18H2,1-3H3. The average molecular weight is 447 g/mol. The lowest BCUT2D eigenvalue weighted by molar-refractivity contribution is -0.134. The molecule has 1 aliphatic heterocycles. The molecule has 32 heavy (non-hydrogen) atoms. The number of rotatable bonds is 6. The summed E-state index contributed by atoms with van der Waals surface area (Å²) in [5.41, 5.74) is 4.15. The molecule has 5 heteroatoms. The second kappa shape index (κ2) is 9.70. The lowest BCUT2D eigenvalue weighted by Crippen LogP contribution is -2.49. The van der Waals surface area contributed by atoms with Crippen molar-refractivity contribution >= 4 is 23.2 Å². The number of thiophene rings is 1. The van der Waals surface area contributed by atoms with E-state index >= 15 is 0 Å². The summed E-state index contributed by atoms with van der Waals surface area (Å²) in [5.74, 6) is -0.0922. The first-order valence-corrected chi connectivity index (χ1v) is 12.2. The van der Waals surface area contributed by atoms with Crippen LogP contribution in [0.2, 0.25) is 0 Å². The number of nitrogens with zero attached hydrogens (tertiary/aromatic N) is 2. The second-order valence-electron chi connectivity index (χ2n) is 8.51. The molecule has 2 unspecified atom stereocenters. The quantitative estimate of drug-likeness (QED) is 0.504. The topological polar surface area (TPSA) is 40.6 Å². The number of carbonyl (C=O) groups excluding carboxylic acids is 2. The van der Waals surface area contributed by atoms with Crippen LogP contribution < -0.4 is 0 Å². The maximum atomic E-state index is 13.7. The van der Waals surface area contributed by atoms with Crippen LogP contribution in [0.5, 0.6) is 0 Å². The minimum atomic E-state index is -0.108. The highest BCUT2D eigenvalue weighted by atomic mass is 32.1. The van der Waals surface area contributed by atoms with Crippen LogP contribution in [0.3, 0.4) is 0 Å². The van der Waals surface area contributed by atoms with Crippen LogP contribution >= 0.6 is 11.3 Å². The molecular formula is C27H30N2O2S. The Morgan fingerprint density at radius 2 is 1.81 bits per heavy atom. The van der Waals surface area contributed by atoms with Crippen LogP contribution in [0.15, 0.2) is 66.0 Å². The molecule has 0 saturated carbocycles. The Morgan fingerprint density at radius 1 is 1.09 bits per heavy atom. The van der Waals surface area contributed by atoms with Crippen LogP contribution in [-0.4, -0.2) is 40.7 Å². The molecule has 0 N–H and O–H groups in total. The fraction of sp³-hybridized carbons (Fsp3) is 0.333. The van der Waals surface area contributed by atoms with E-state index in [1.807, 2.05) is 49.1 Å². The Kier molecular flexibility index (Phi) is 6.75. The van der Waals surface area contributed by atoms with Crippen molar-refractivity contribution in [1.29, 1.82) is 0 Å². The summed E-state index contributed by atoms with van der Waals surface area (Å²) in [6, 6.07) is 19.7. The molecule has 0 bridgehead atoms. The van der Waals surface area contributed by atoms with Gasteiger partial charge in [-0.2, -0.15) is 0 Å². The number of hydrogen-bond acceptors (Lipinski definition) is 3. The Labute approximate surface area is 194 Å². The maximum Gasteiger partial charge on any atom is 0.254 e. The third-order valence-electron chi connectivity index (χ3n) is 6.39. The van der Waals surface area contributed by atoms with E-state index in [0.717, 1.165) is 18.4 Å². The third-order valence-corrected chi connectivity index (χ3v) is 7.39. The molecule has 2 amide bonds. The first kappa shape index (κ1) is 22.3. The van der Waals surface area contributed by atoms with Gasteiger partial charge in [-0.15, -0.1) is 11.3 Å². The predicted molar refractivity (Wildman–Crippen MR) is 130 cm³/mol. The van der Waals surface area contributed by atoms with Gasteiger partial charge in [-0.05, 0) is 61.4 Å². The summed E-state index contributed by atoms with van der Waals surface area (Å²) in [6.45, 7) is 6.89. The van der Waals surface area contributed by atoms with Crippen molar-refractivity contribution in [1.82, 2.24) is 9.80 Å². The molecule has 0 saturated heterocycles. The zero-order valence-electron chi connectivity index (χ0n) is 19.0. The fourth-order valence-electron chi connectivity index (χ4n) is 4.32. The largest absolute Gasteiger partial charge is 0.330 e. The van der Waals surface area contributed by atoms with Gasteiger partial charge in [0.05, 0.1) is 6.04 Å². The number of benzene rings is 2. The highest BCUT2D eigenvalue weighted by Gasteiger charge is 2.34. The van der Waals surface area contributed by atoms with E-state index in [2.05, 4.69) is 42.6 Å². The van der Waals surface area contributed by atoms with Crippen molar-refractivity contribution in [2.45, 2.75) is 45.7 Å². The van der Waals surface area contributed by atoms with Crippen LogP contribution in [0.1, 0.15) is 58.2 Å². The third kappa shape index (κ3) is 4.49. The van der Waals surface area contributed by atoms with Gasteiger partial charge in [-0.1, -0.05) is 55.0 Å². The van der Waals surface area contributed by atoms with E-state index in [0.29, 0.717) is 12.1 Å². The summed E-state index contributed by atoms with van der Waals surface area (Å²) >= 11 is 1.76. The van der Waals surface area contributed by atoms with Gasteiger partial charge in [-0.3, -0.25) is 9.59 Å². The van der Waals surface area contributed by atoms with Crippen molar-refractivity contribution in [3.63, 3.8) is 0 Å². The molecule has 4 nitrogen and oxygen atoms in total.